The summed E-state index contributed by atoms with van der Waals surface area (Å²) in [5.41, 5.74) is 1.91. The molecular weight excluding hydrogens is 290 g/mol. The zero-order valence-corrected chi connectivity index (χ0v) is 12.8. The summed E-state index contributed by atoms with van der Waals surface area (Å²) in [4.78, 5) is 14.2. The van der Waals surface area contributed by atoms with E-state index in [0.29, 0.717) is 12.0 Å². The number of halogens is 1. The number of piperidine rings is 1. The van der Waals surface area contributed by atoms with Crippen molar-refractivity contribution in [1.82, 2.24) is 0 Å². The van der Waals surface area contributed by atoms with Crippen LogP contribution in [0.5, 0.6) is 0 Å². The van der Waals surface area contributed by atoms with Crippen molar-refractivity contribution in [2.75, 3.05) is 11.4 Å². The van der Waals surface area contributed by atoms with E-state index in [2.05, 4.69) is 40.7 Å². The second-order valence-electron chi connectivity index (χ2n) is 5.27. The number of anilines is 1. The number of rotatable bonds is 2. The first-order valence-corrected chi connectivity index (χ1v) is 7.37. The lowest BCUT2D eigenvalue weighted by Gasteiger charge is -2.40. The average molecular weight is 310 g/mol. The number of nitrogens with zero attached hydrogens (tertiary/aromatic N) is 1. The van der Waals surface area contributed by atoms with Crippen molar-refractivity contribution in [3.63, 3.8) is 0 Å². The molecule has 0 saturated carbocycles. The van der Waals surface area contributed by atoms with Gasteiger partial charge in [-0.2, -0.15) is 0 Å². The summed E-state index contributed by atoms with van der Waals surface area (Å²) in [7, 11) is 0. The van der Waals surface area contributed by atoms with Crippen molar-refractivity contribution >= 4 is 27.4 Å². The van der Waals surface area contributed by atoms with E-state index in [1.807, 2.05) is 12.1 Å². The van der Waals surface area contributed by atoms with E-state index in [4.69, 9.17) is 0 Å². The molecule has 0 bridgehead atoms. The van der Waals surface area contributed by atoms with E-state index in [9.17, 15) is 4.79 Å². The second-order valence-corrected chi connectivity index (χ2v) is 6.19. The number of Topliss-reactive ketones (excluding diaryl/α,β-unsaturated/α-hetero) is 1. The molecule has 1 aliphatic heterocycles. The first kappa shape index (κ1) is 13.6. The van der Waals surface area contributed by atoms with Gasteiger partial charge in [0.1, 0.15) is 0 Å². The number of hydrogen-bond acceptors (Lipinski definition) is 2. The van der Waals surface area contributed by atoms with E-state index >= 15 is 0 Å². The highest BCUT2D eigenvalue weighted by Gasteiger charge is 2.27. The van der Waals surface area contributed by atoms with Crippen molar-refractivity contribution in [2.24, 2.45) is 5.92 Å². The highest BCUT2D eigenvalue weighted by Crippen LogP contribution is 2.32. The first-order valence-electron chi connectivity index (χ1n) is 6.58. The molecule has 1 fully saturated rings. The lowest BCUT2D eigenvalue weighted by molar-refractivity contribution is 0.101. The predicted molar refractivity (Wildman–Crippen MR) is 79.4 cm³/mol. The van der Waals surface area contributed by atoms with Crippen LogP contribution >= 0.6 is 15.9 Å². The Morgan fingerprint density at radius 1 is 1.39 bits per heavy atom. The van der Waals surface area contributed by atoms with Crippen LogP contribution < -0.4 is 4.90 Å². The van der Waals surface area contributed by atoms with Crippen molar-refractivity contribution < 1.29 is 4.79 Å². The van der Waals surface area contributed by atoms with Gasteiger partial charge in [-0.15, -0.1) is 0 Å². The molecule has 2 rings (SSSR count). The van der Waals surface area contributed by atoms with Gasteiger partial charge in [0.2, 0.25) is 0 Å². The molecule has 1 aromatic carbocycles. The lowest BCUT2D eigenvalue weighted by atomic mass is 9.91. The van der Waals surface area contributed by atoms with Gasteiger partial charge in [0, 0.05) is 28.3 Å². The lowest BCUT2D eigenvalue weighted by Crippen LogP contribution is -2.43. The standard InChI is InChI=1S/C15H20BrNO/c1-10-5-4-8-17(11(10)2)15-9-13(16)6-7-14(15)12(3)18/h6-7,9-11H,4-5,8H2,1-3H3. The molecule has 0 aromatic heterocycles. The van der Waals surface area contributed by atoms with Crippen LogP contribution in [0.1, 0.15) is 44.0 Å². The molecule has 0 spiro atoms. The molecule has 18 heavy (non-hydrogen) atoms. The Balaban J connectivity index is 2.42. The van der Waals surface area contributed by atoms with Crippen molar-refractivity contribution in [1.29, 1.82) is 0 Å². The van der Waals surface area contributed by atoms with E-state index < -0.39 is 0 Å². The largest absolute Gasteiger partial charge is 0.368 e. The van der Waals surface area contributed by atoms with Crippen LogP contribution in [-0.2, 0) is 0 Å². The summed E-state index contributed by atoms with van der Waals surface area (Å²) in [6, 6.07) is 6.43. The van der Waals surface area contributed by atoms with Gasteiger partial charge in [-0.05, 0) is 50.8 Å². The fourth-order valence-corrected chi connectivity index (χ4v) is 3.06. The molecule has 0 aliphatic carbocycles. The number of ketones is 1. The van der Waals surface area contributed by atoms with Crippen LogP contribution in [0.2, 0.25) is 0 Å². The summed E-state index contributed by atoms with van der Waals surface area (Å²) in [5.74, 6) is 0.820. The maximum absolute atomic E-state index is 11.8. The van der Waals surface area contributed by atoms with E-state index in [-0.39, 0.29) is 5.78 Å². The number of carbonyl (C=O) groups is 1. The summed E-state index contributed by atoms with van der Waals surface area (Å²) in [6.07, 6.45) is 2.48. The minimum Gasteiger partial charge on any atom is -0.368 e. The molecule has 2 unspecified atom stereocenters. The van der Waals surface area contributed by atoms with Crippen LogP contribution in [0.3, 0.4) is 0 Å². The summed E-state index contributed by atoms with van der Waals surface area (Å²) >= 11 is 3.51. The summed E-state index contributed by atoms with van der Waals surface area (Å²) in [5, 5.41) is 0. The molecule has 3 heteroatoms. The normalized spacial score (nSPS) is 24.1. The molecule has 0 radical (unpaired) electrons. The SMILES string of the molecule is CC(=O)c1ccc(Br)cc1N1CCCC(C)C1C. The van der Waals surface area contributed by atoms with Crippen LogP contribution in [0.25, 0.3) is 0 Å². The fourth-order valence-electron chi connectivity index (χ4n) is 2.72. The highest BCUT2D eigenvalue weighted by atomic mass is 79.9. The third kappa shape index (κ3) is 2.61. The molecule has 98 valence electrons. The molecular formula is C15H20BrNO. The Hall–Kier alpha value is -0.830. The molecule has 1 aliphatic rings. The predicted octanol–water partition coefficient (Wildman–Crippen LogP) is 4.28. The minimum atomic E-state index is 0.142. The zero-order chi connectivity index (χ0) is 13.3. The fraction of sp³-hybridized carbons (Fsp3) is 0.533. The van der Waals surface area contributed by atoms with E-state index in [1.54, 1.807) is 6.92 Å². The van der Waals surface area contributed by atoms with Crippen molar-refractivity contribution in [3.8, 4) is 0 Å². The van der Waals surface area contributed by atoms with Crippen LogP contribution in [0.15, 0.2) is 22.7 Å². The Labute approximate surface area is 117 Å². The minimum absolute atomic E-state index is 0.142. The molecule has 1 heterocycles. The van der Waals surface area contributed by atoms with Gasteiger partial charge in [-0.25, -0.2) is 0 Å². The molecule has 0 N–H and O–H groups in total. The van der Waals surface area contributed by atoms with E-state index in [1.165, 1.54) is 12.8 Å². The molecule has 0 amide bonds. The maximum atomic E-state index is 11.8. The van der Waals surface area contributed by atoms with Crippen LogP contribution in [0.4, 0.5) is 5.69 Å². The summed E-state index contributed by atoms with van der Waals surface area (Å²) in [6.45, 7) is 7.24. The Morgan fingerprint density at radius 2 is 2.11 bits per heavy atom. The second kappa shape index (κ2) is 5.43. The maximum Gasteiger partial charge on any atom is 0.161 e. The molecule has 1 aromatic rings. The van der Waals surface area contributed by atoms with Gasteiger partial charge in [0.15, 0.2) is 5.78 Å². The van der Waals surface area contributed by atoms with Gasteiger partial charge in [-0.3, -0.25) is 4.79 Å². The van der Waals surface area contributed by atoms with E-state index in [0.717, 1.165) is 22.3 Å². The third-order valence-electron chi connectivity index (χ3n) is 4.02. The van der Waals surface area contributed by atoms with Gasteiger partial charge in [0.25, 0.3) is 0 Å². The van der Waals surface area contributed by atoms with Gasteiger partial charge < -0.3 is 4.90 Å². The number of carbonyl (C=O) groups excluding carboxylic acids is 1. The highest BCUT2D eigenvalue weighted by molar-refractivity contribution is 9.10. The smallest absolute Gasteiger partial charge is 0.161 e. The quantitative estimate of drug-likeness (QED) is 0.760. The zero-order valence-electron chi connectivity index (χ0n) is 11.2. The first-order chi connectivity index (χ1) is 8.50. The summed E-state index contributed by atoms with van der Waals surface area (Å²) < 4.78 is 1.04. The van der Waals surface area contributed by atoms with Crippen LogP contribution in [0, 0.1) is 5.92 Å². The third-order valence-corrected chi connectivity index (χ3v) is 4.52. The van der Waals surface area contributed by atoms with Gasteiger partial charge >= 0.3 is 0 Å². The molecule has 1 saturated heterocycles. The number of benzene rings is 1. The monoisotopic (exact) mass is 309 g/mol. The average Bonchev–Trinajstić information content (AvgIpc) is 2.32. The molecule has 2 nitrogen and oxygen atoms in total. The van der Waals surface area contributed by atoms with Crippen molar-refractivity contribution in [2.45, 2.75) is 39.7 Å². The van der Waals surface area contributed by atoms with Gasteiger partial charge in [0.05, 0.1) is 0 Å². The van der Waals surface area contributed by atoms with Crippen molar-refractivity contribution in [3.05, 3.63) is 28.2 Å². The Bertz CT molecular complexity index is 458. The topological polar surface area (TPSA) is 20.3 Å². The number of hydrogen-bond donors (Lipinski definition) is 0. The Morgan fingerprint density at radius 3 is 2.78 bits per heavy atom. The van der Waals surface area contributed by atoms with Gasteiger partial charge in [-0.1, -0.05) is 22.9 Å². The Kier molecular flexibility index (Phi) is 4.10. The molecule has 2 atom stereocenters. The van der Waals surface area contributed by atoms with Crippen LogP contribution in [-0.4, -0.2) is 18.4 Å².